The third kappa shape index (κ3) is 3.67. The van der Waals surface area contributed by atoms with Crippen LogP contribution in [0.1, 0.15) is 32.6 Å². The zero-order chi connectivity index (χ0) is 12.1. The smallest absolute Gasteiger partial charge is 0.0594 e. The van der Waals surface area contributed by atoms with Crippen LogP contribution in [0, 0.1) is 11.3 Å². The van der Waals surface area contributed by atoms with Crippen molar-refractivity contribution < 1.29 is 4.74 Å². The minimum absolute atomic E-state index is 0.526. The lowest BCUT2D eigenvalue weighted by Crippen LogP contribution is -2.48. The number of hydrogen-bond donors (Lipinski definition) is 1. The highest BCUT2D eigenvalue weighted by atomic mass is 16.5. The van der Waals surface area contributed by atoms with Crippen LogP contribution in [0.25, 0.3) is 0 Å². The Morgan fingerprint density at radius 3 is 2.47 bits per heavy atom. The summed E-state index contributed by atoms with van der Waals surface area (Å²) in [5.74, 6) is 0.935. The fraction of sp³-hybridized carbons (Fsp3) is 1.00. The van der Waals surface area contributed by atoms with Crippen LogP contribution in [0.3, 0.4) is 0 Å². The lowest BCUT2D eigenvalue weighted by atomic mass is 9.70. The van der Waals surface area contributed by atoms with Gasteiger partial charge in [0.25, 0.3) is 0 Å². The first-order chi connectivity index (χ1) is 8.24. The Bertz CT molecular complexity index is 218. The fourth-order valence-electron chi connectivity index (χ4n) is 3.37. The molecule has 3 nitrogen and oxygen atoms in total. The number of ether oxygens (including phenoxy) is 1. The lowest BCUT2D eigenvalue weighted by molar-refractivity contribution is 0.00435. The van der Waals surface area contributed by atoms with E-state index < -0.39 is 0 Å². The maximum atomic E-state index is 5.44. The standard InChI is InChI=1S/C14H28N2O/c1-13-3-5-14(6-4-13,11-15-2)12-16-7-9-17-10-8-16/h13,15H,3-12H2,1-2H3. The van der Waals surface area contributed by atoms with Gasteiger partial charge in [-0.25, -0.2) is 0 Å². The minimum Gasteiger partial charge on any atom is -0.379 e. The van der Waals surface area contributed by atoms with E-state index in [1.54, 1.807) is 0 Å². The van der Waals surface area contributed by atoms with E-state index in [0.717, 1.165) is 32.2 Å². The van der Waals surface area contributed by atoms with Crippen LogP contribution in [-0.2, 0) is 4.74 Å². The molecule has 1 aliphatic heterocycles. The summed E-state index contributed by atoms with van der Waals surface area (Å²) in [4.78, 5) is 2.61. The van der Waals surface area contributed by atoms with E-state index in [1.807, 2.05) is 0 Å². The Balaban J connectivity index is 1.90. The first-order valence-corrected chi connectivity index (χ1v) is 7.19. The summed E-state index contributed by atoms with van der Waals surface area (Å²) in [6.07, 6.45) is 5.61. The molecule has 1 aliphatic carbocycles. The molecule has 0 bridgehead atoms. The Morgan fingerprint density at radius 1 is 1.24 bits per heavy atom. The van der Waals surface area contributed by atoms with Gasteiger partial charge in [-0.3, -0.25) is 4.90 Å². The van der Waals surface area contributed by atoms with Crippen LogP contribution in [-0.4, -0.2) is 51.3 Å². The maximum Gasteiger partial charge on any atom is 0.0594 e. The van der Waals surface area contributed by atoms with Gasteiger partial charge in [0.15, 0.2) is 0 Å². The van der Waals surface area contributed by atoms with Crippen LogP contribution in [0.4, 0.5) is 0 Å². The number of morpholine rings is 1. The molecule has 1 saturated heterocycles. The molecular weight excluding hydrogens is 212 g/mol. The number of rotatable bonds is 4. The molecule has 3 heteroatoms. The van der Waals surface area contributed by atoms with Gasteiger partial charge in [0.2, 0.25) is 0 Å². The highest BCUT2D eigenvalue weighted by Crippen LogP contribution is 2.39. The van der Waals surface area contributed by atoms with Crippen molar-refractivity contribution in [2.75, 3.05) is 46.4 Å². The third-order valence-electron chi connectivity index (χ3n) is 4.55. The van der Waals surface area contributed by atoms with Gasteiger partial charge in [0.1, 0.15) is 0 Å². The molecule has 0 unspecified atom stereocenters. The second-order valence-corrected chi connectivity index (χ2v) is 6.10. The molecule has 1 saturated carbocycles. The van der Waals surface area contributed by atoms with Gasteiger partial charge in [-0.05, 0) is 31.2 Å². The van der Waals surface area contributed by atoms with Crippen molar-refractivity contribution in [3.63, 3.8) is 0 Å². The highest BCUT2D eigenvalue weighted by Gasteiger charge is 2.35. The first kappa shape index (κ1) is 13.3. The molecule has 2 fully saturated rings. The van der Waals surface area contributed by atoms with Gasteiger partial charge >= 0.3 is 0 Å². The summed E-state index contributed by atoms with van der Waals surface area (Å²) < 4.78 is 5.44. The molecule has 0 aromatic carbocycles. The SMILES string of the molecule is CNCC1(CN2CCOCC2)CCC(C)CC1. The molecule has 1 N–H and O–H groups in total. The van der Waals surface area contributed by atoms with Gasteiger partial charge in [0.05, 0.1) is 13.2 Å². The van der Waals surface area contributed by atoms with E-state index in [-0.39, 0.29) is 0 Å². The van der Waals surface area contributed by atoms with Crippen LogP contribution in [0.5, 0.6) is 0 Å². The zero-order valence-electron chi connectivity index (χ0n) is 11.5. The Morgan fingerprint density at radius 2 is 1.88 bits per heavy atom. The monoisotopic (exact) mass is 240 g/mol. The van der Waals surface area contributed by atoms with Crippen LogP contribution >= 0.6 is 0 Å². The van der Waals surface area contributed by atoms with Gasteiger partial charge in [-0.2, -0.15) is 0 Å². The maximum absolute atomic E-state index is 5.44. The van der Waals surface area contributed by atoms with E-state index in [0.29, 0.717) is 5.41 Å². The summed E-state index contributed by atoms with van der Waals surface area (Å²) in [7, 11) is 2.10. The first-order valence-electron chi connectivity index (χ1n) is 7.19. The predicted molar refractivity (Wildman–Crippen MR) is 71.3 cm³/mol. The van der Waals surface area contributed by atoms with E-state index in [2.05, 4.69) is 24.2 Å². The predicted octanol–water partition coefficient (Wildman–Crippen LogP) is 1.73. The van der Waals surface area contributed by atoms with E-state index in [1.165, 1.54) is 38.8 Å². The van der Waals surface area contributed by atoms with Crippen LogP contribution < -0.4 is 5.32 Å². The molecule has 0 spiro atoms. The van der Waals surface area contributed by atoms with Crippen molar-refractivity contribution in [2.24, 2.45) is 11.3 Å². The van der Waals surface area contributed by atoms with Gasteiger partial charge < -0.3 is 10.1 Å². The molecule has 100 valence electrons. The van der Waals surface area contributed by atoms with Gasteiger partial charge in [0, 0.05) is 26.2 Å². The normalized spacial score (nSPS) is 36.0. The largest absolute Gasteiger partial charge is 0.379 e. The summed E-state index contributed by atoms with van der Waals surface area (Å²) in [5, 5.41) is 3.42. The molecule has 0 atom stereocenters. The molecule has 1 heterocycles. The average Bonchev–Trinajstić information content (AvgIpc) is 2.35. The second-order valence-electron chi connectivity index (χ2n) is 6.10. The third-order valence-corrected chi connectivity index (χ3v) is 4.55. The molecule has 0 aromatic rings. The summed E-state index contributed by atoms with van der Waals surface area (Å²) in [6.45, 7) is 8.94. The Hall–Kier alpha value is -0.120. The summed E-state index contributed by atoms with van der Waals surface area (Å²) in [5.41, 5.74) is 0.526. The van der Waals surface area contributed by atoms with E-state index >= 15 is 0 Å². The summed E-state index contributed by atoms with van der Waals surface area (Å²) >= 11 is 0. The number of nitrogens with zero attached hydrogens (tertiary/aromatic N) is 1. The van der Waals surface area contributed by atoms with Crippen molar-refractivity contribution >= 4 is 0 Å². The molecule has 2 aliphatic rings. The topological polar surface area (TPSA) is 24.5 Å². The minimum atomic E-state index is 0.526. The fourth-order valence-corrected chi connectivity index (χ4v) is 3.37. The number of hydrogen-bond acceptors (Lipinski definition) is 3. The second kappa shape index (κ2) is 6.17. The van der Waals surface area contributed by atoms with Crippen molar-refractivity contribution in [1.82, 2.24) is 10.2 Å². The lowest BCUT2D eigenvalue weighted by Gasteiger charge is -2.43. The molecule has 17 heavy (non-hydrogen) atoms. The molecule has 2 rings (SSSR count). The van der Waals surface area contributed by atoms with Gasteiger partial charge in [-0.1, -0.05) is 19.8 Å². The summed E-state index contributed by atoms with van der Waals surface area (Å²) in [6, 6.07) is 0. The van der Waals surface area contributed by atoms with Gasteiger partial charge in [-0.15, -0.1) is 0 Å². The van der Waals surface area contributed by atoms with Crippen LogP contribution in [0.15, 0.2) is 0 Å². The number of nitrogens with one attached hydrogen (secondary N) is 1. The van der Waals surface area contributed by atoms with Crippen molar-refractivity contribution in [1.29, 1.82) is 0 Å². The zero-order valence-corrected chi connectivity index (χ0v) is 11.5. The molecule has 0 aromatic heterocycles. The van der Waals surface area contributed by atoms with E-state index in [4.69, 9.17) is 4.74 Å². The van der Waals surface area contributed by atoms with Crippen molar-refractivity contribution in [2.45, 2.75) is 32.6 Å². The highest BCUT2D eigenvalue weighted by molar-refractivity contribution is 4.89. The van der Waals surface area contributed by atoms with Crippen molar-refractivity contribution in [3.8, 4) is 0 Å². The van der Waals surface area contributed by atoms with Crippen molar-refractivity contribution in [3.05, 3.63) is 0 Å². The average molecular weight is 240 g/mol. The van der Waals surface area contributed by atoms with E-state index in [9.17, 15) is 0 Å². The van der Waals surface area contributed by atoms with Crippen LogP contribution in [0.2, 0.25) is 0 Å². The Kier molecular flexibility index (Phi) is 4.83. The molecule has 0 radical (unpaired) electrons. The Labute approximate surface area is 106 Å². The molecular formula is C14H28N2O. The molecule has 0 amide bonds. The quantitative estimate of drug-likeness (QED) is 0.810.